The van der Waals surface area contributed by atoms with Gasteiger partial charge in [0.15, 0.2) is 0 Å². The molecule has 2 aromatic rings. The van der Waals surface area contributed by atoms with Crippen LogP contribution in [0.1, 0.15) is 30.0 Å². The molecule has 0 aliphatic heterocycles. The second-order valence-corrected chi connectivity index (χ2v) is 4.66. The Morgan fingerprint density at radius 1 is 1.53 bits per heavy atom. The number of benzene rings is 1. The van der Waals surface area contributed by atoms with Crippen molar-refractivity contribution >= 4 is 16.9 Å². The highest BCUT2D eigenvalue weighted by Crippen LogP contribution is 2.31. The first-order chi connectivity index (χ1) is 9.02. The quantitative estimate of drug-likeness (QED) is 0.771. The summed E-state index contributed by atoms with van der Waals surface area (Å²) in [4.78, 5) is 13.8. The van der Waals surface area contributed by atoms with E-state index in [1.165, 1.54) is 0 Å². The van der Waals surface area contributed by atoms with Gasteiger partial charge in [0.25, 0.3) is 0 Å². The number of aromatic amines is 1. The number of aromatic nitrogens is 1. The van der Waals surface area contributed by atoms with Gasteiger partial charge in [-0.15, -0.1) is 0 Å². The predicted octanol–water partition coefficient (Wildman–Crippen LogP) is 2.35. The van der Waals surface area contributed by atoms with Crippen LogP contribution in [0.15, 0.2) is 18.3 Å². The van der Waals surface area contributed by atoms with Crippen molar-refractivity contribution in [1.82, 2.24) is 4.98 Å². The highest BCUT2D eigenvalue weighted by molar-refractivity contribution is 5.89. The lowest BCUT2D eigenvalue weighted by Gasteiger charge is -2.13. The summed E-state index contributed by atoms with van der Waals surface area (Å²) in [7, 11) is 1.61. The summed E-state index contributed by atoms with van der Waals surface area (Å²) in [5.41, 5.74) is 8.99. The van der Waals surface area contributed by atoms with Crippen LogP contribution in [-0.2, 0) is 4.79 Å². The third kappa shape index (κ3) is 2.71. The van der Waals surface area contributed by atoms with E-state index >= 15 is 0 Å². The van der Waals surface area contributed by atoms with E-state index in [9.17, 15) is 4.79 Å². The zero-order valence-corrected chi connectivity index (χ0v) is 11.1. The molecular weight excluding hydrogens is 244 g/mol. The second-order valence-electron chi connectivity index (χ2n) is 4.66. The smallest absolute Gasteiger partial charge is 0.303 e. The maximum absolute atomic E-state index is 10.6. The van der Waals surface area contributed by atoms with Gasteiger partial charge in [-0.2, -0.15) is 0 Å². The van der Waals surface area contributed by atoms with Crippen LogP contribution >= 0.6 is 0 Å². The van der Waals surface area contributed by atoms with E-state index in [-0.39, 0.29) is 12.5 Å². The molecule has 1 aromatic carbocycles. The summed E-state index contributed by atoms with van der Waals surface area (Å²) in [6.45, 7) is 2.00. The standard InChI is InChI=1S/C14H18N2O3/c1-8-7-16-14-10(8)5-9(6-12(14)19-2)11(15)3-4-13(17)18/h5-7,11,16H,3-4,15H2,1-2H3,(H,17,18). The normalized spacial score (nSPS) is 12.6. The topological polar surface area (TPSA) is 88.3 Å². The van der Waals surface area contributed by atoms with E-state index in [0.29, 0.717) is 6.42 Å². The van der Waals surface area contributed by atoms with Gasteiger partial charge in [-0.1, -0.05) is 0 Å². The number of H-pyrrole nitrogens is 1. The Kier molecular flexibility index (Phi) is 3.76. The Morgan fingerprint density at radius 3 is 2.89 bits per heavy atom. The van der Waals surface area contributed by atoms with Gasteiger partial charge in [-0.25, -0.2) is 0 Å². The van der Waals surface area contributed by atoms with Crippen molar-refractivity contribution in [1.29, 1.82) is 0 Å². The summed E-state index contributed by atoms with van der Waals surface area (Å²) in [6.07, 6.45) is 2.39. The van der Waals surface area contributed by atoms with E-state index in [2.05, 4.69) is 4.98 Å². The highest BCUT2D eigenvalue weighted by Gasteiger charge is 2.14. The van der Waals surface area contributed by atoms with Crippen LogP contribution in [0.2, 0.25) is 0 Å². The number of hydrogen-bond acceptors (Lipinski definition) is 3. The maximum Gasteiger partial charge on any atom is 0.303 e. The molecule has 2 rings (SSSR count). The van der Waals surface area contributed by atoms with Crippen LogP contribution in [0.3, 0.4) is 0 Å². The predicted molar refractivity (Wildman–Crippen MR) is 73.4 cm³/mol. The lowest BCUT2D eigenvalue weighted by molar-refractivity contribution is -0.137. The van der Waals surface area contributed by atoms with E-state index < -0.39 is 5.97 Å². The fourth-order valence-corrected chi connectivity index (χ4v) is 2.18. The molecule has 0 saturated heterocycles. The number of carbonyl (C=O) groups is 1. The minimum absolute atomic E-state index is 0.0631. The van der Waals surface area contributed by atoms with Gasteiger partial charge in [-0.05, 0) is 36.6 Å². The van der Waals surface area contributed by atoms with Crippen molar-refractivity contribution in [2.45, 2.75) is 25.8 Å². The molecule has 1 atom stereocenters. The summed E-state index contributed by atoms with van der Waals surface area (Å²) in [5, 5.41) is 9.76. The van der Waals surface area contributed by atoms with Gasteiger partial charge in [-0.3, -0.25) is 4.79 Å². The van der Waals surface area contributed by atoms with E-state index in [1.54, 1.807) is 7.11 Å². The first-order valence-electron chi connectivity index (χ1n) is 6.16. The lowest BCUT2D eigenvalue weighted by atomic mass is 10.00. The van der Waals surface area contributed by atoms with Crippen molar-refractivity contribution in [3.8, 4) is 5.75 Å². The molecule has 0 bridgehead atoms. The molecule has 19 heavy (non-hydrogen) atoms. The molecule has 0 spiro atoms. The fraction of sp³-hybridized carbons (Fsp3) is 0.357. The maximum atomic E-state index is 10.6. The summed E-state index contributed by atoms with van der Waals surface area (Å²) < 4.78 is 5.35. The summed E-state index contributed by atoms with van der Waals surface area (Å²) in [5.74, 6) is -0.104. The molecule has 0 fully saturated rings. The molecule has 1 heterocycles. The summed E-state index contributed by atoms with van der Waals surface area (Å²) >= 11 is 0. The van der Waals surface area contributed by atoms with Crippen LogP contribution in [0.25, 0.3) is 10.9 Å². The molecule has 0 aliphatic carbocycles. The van der Waals surface area contributed by atoms with Gasteiger partial charge in [0.1, 0.15) is 5.75 Å². The number of nitrogens with one attached hydrogen (secondary N) is 1. The molecule has 0 saturated carbocycles. The van der Waals surface area contributed by atoms with Crippen molar-refractivity contribution < 1.29 is 14.6 Å². The molecule has 1 aromatic heterocycles. The van der Waals surface area contributed by atoms with Crippen LogP contribution in [0.5, 0.6) is 5.75 Å². The first-order valence-corrected chi connectivity index (χ1v) is 6.16. The number of hydrogen-bond donors (Lipinski definition) is 3. The number of aryl methyl sites for hydroxylation is 1. The summed E-state index contributed by atoms with van der Waals surface area (Å²) in [6, 6.07) is 3.56. The minimum Gasteiger partial charge on any atom is -0.495 e. The van der Waals surface area contributed by atoms with Crippen molar-refractivity contribution in [2.24, 2.45) is 5.73 Å². The van der Waals surface area contributed by atoms with Crippen molar-refractivity contribution in [3.63, 3.8) is 0 Å². The number of aliphatic carboxylic acids is 1. The number of carboxylic acid groups (broad SMARTS) is 1. The number of ether oxygens (including phenoxy) is 1. The molecule has 5 nitrogen and oxygen atoms in total. The highest BCUT2D eigenvalue weighted by atomic mass is 16.5. The van der Waals surface area contributed by atoms with Gasteiger partial charge in [0, 0.05) is 24.0 Å². The Hall–Kier alpha value is -2.01. The molecule has 1 unspecified atom stereocenters. The molecule has 4 N–H and O–H groups in total. The third-order valence-corrected chi connectivity index (χ3v) is 3.30. The van der Waals surface area contributed by atoms with E-state index in [4.69, 9.17) is 15.6 Å². The third-order valence-electron chi connectivity index (χ3n) is 3.30. The number of nitrogens with two attached hydrogens (primary N) is 1. The zero-order chi connectivity index (χ0) is 14.0. The number of carboxylic acids is 1. The zero-order valence-electron chi connectivity index (χ0n) is 11.1. The van der Waals surface area contributed by atoms with Crippen LogP contribution < -0.4 is 10.5 Å². The van der Waals surface area contributed by atoms with Gasteiger partial charge >= 0.3 is 5.97 Å². The van der Waals surface area contributed by atoms with Crippen molar-refractivity contribution in [2.75, 3.05) is 7.11 Å². The van der Waals surface area contributed by atoms with Gasteiger partial charge in [0.2, 0.25) is 0 Å². The Labute approximate surface area is 111 Å². The first kappa shape index (κ1) is 13.4. The number of rotatable bonds is 5. The average Bonchev–Trinajstić information content (AvgIpc) is 2.76. The molecule has 0 amide bonds. The molecular formula is C14H18N2O3. The number of methoxy groups -OCH3 is 1. The van der Waals surface area contributed by atoms with Crippen LogP contribution in [0.4, 0.5) is 0 Å². The SMILES string of the molecule is COc1cc(C(N)CCC(=O)O)cc2c(C)c[nH]c12. The molecule has 0 radical (unpaired) electrons. The van der Waals surface area contributed by atoms with E-state index in [0.717, 1.165) is 27.8 Å². The minimum atomic E-state index is -0.832. The van der Waals surface area contributed by atoms with Crippen LogP contribution in [0, 0.1) is 6.92 Å². The second kappa shape index (κ2) is 5.32. The molecule has 5 heteroatoms. The van der Waals surface area contributed by atoms with E-state index in [1.807, 2.05) is 25.3 Å². The monoisotopic (exact) mass is 262 g/mol. The van der Waals surface area contributed by atoms with Gasteiger partial charge < -0.3 is 20.6 Å². The van der Waals surface area contributed by atoms with Gasteiger partial charge in [0.05, 0.1) is 12.6 Å². The number of fused-ring (bicyclic) bond motifs is 1. The Balaban J connectivity index is 2.37. The molecule has 0 aliphatic rings. The Morgan fingerprint density at radius 2 is 2.26 bits per heavy atom. The van der Waals surface area contributed by atoms with Crippen LogP contribution in [-0.4, -0.2) is 23.2 Å². The molecule has 102 valence electrons. The Bertz CT molecular complexity index is 604. The van der Waals surface area contributed by atoms with Crippen molar-refractivity contribution in [3.05, 3.63) is 29.5 Å². The largest absolute Gasteiger partial charge is 0.495 e. The lowest BCUT2D eigenvalue weighted by Crippen LogP contribution is -2.12. The average molecular weight is 262 g/mol. The fourth-order valence-electron chi connectivity index (χ4n) is 2.18.